The van der Waals surface area contributed by atoms with Crippen molar-refractivity contribution in [2.24, 2.45) is 11.1 Å². The van der Waals surface area contributed by atoms with Crippen LogP contribution in [-0.2, 0) is 40.1 Å². The molecule has 3 aromatic rings. The summed E-state index contributed by atoms with van der Waals surface area (Å²) in [6.07, 6.45) is -0.850. The fourth-order valence-corrected chi connectivity index (χ4v) is 6.53. The Balaban J connectivity index is 2.01. The van der Waals surface area contributed by atoms with Crippen LogP contribution in [0.3, 0.4) is 0 Å². The number of nitrogens with one attached hydrogen (secondary N) is 3. The van der Waals surface area contributed by atoms with Crippen molar-refractivity contribution >= 4 is 41.5 Å². The minimum absolute atomic E-state index is 0.0479. The first-order valence-electron chi connectivity index (χ1n) is 18.6. The van der Waals surface area contributed by atoms with Crippen LogP contribution in [-0.4, -0.2) is 109 Å². The first-order valence-corrected chi connectivity index (χ1v) is 18.6. The molecule has 4 amide bonds. The van der Waals surface area contributed by atoms with Crippen LogP contribution in [0, 0.1) is 17.0 Å². The van der Waals surface area contributed by atoms with Gasteiger partial charge in [0.25, 0.3) is 0 Å². The number of carbonyl (C=O) groups is 7. The van der Waals surface area contributed by atoms with E-state index in [1.165, 1.54) is 4.90 Å². The molecule has 320 valence electrons. The molecule has 0 aliphatic rings. The maximum absolute atomic E-state index is 15.1. The number of halogens is 2. The number of hydrogen-bond acceptors (Lipinski definition) is 9. The predicted octanol–water partition coefficient (Wildman–Crippen LogP) is 2.01. The number of carboxylic acid groups (broad SMARTS) is 3. The summed E-state index contributed by atoms with van der Waals surface area (Å²) < 4.78 is 31.3. The largest absolute Gasteiger partial charge is 0.481 e. The molecule has 0 aliphatic heterocycles. The van der Waals surface area contributed by atoms with Crippen LogP contribution >= 0.6 is 0 Å². The zero-order chi connectivity index (χ0) is 44.0. The normalized spacial score (nSPS) is 13.4. The highest BCUT2D eigenvalue weighted by atomic mass is 19.1. The van der Waals surface area contributed by atoms with Gasteiger partial charge in [0, 0.05) is 55.5 Å². The molecule has 0 fully saturated rings. The van der Waals surface area contributed by atoms with E-state index in [4.69, 9.17) is 10.8 Å². The van der Waals surface area contributed by atoms with Crippen LogP contribution < -0.4 is 21.7 Å². The number of aromatic nitrogens is 1. The number of rotatable bonds is 23. The van der Waals surface area contributed by atoms with Crippen molar-refractivity contribution in [2.45, 2.75) is 83.6 Å². The highest BCUT2D eigenvalue weighted by Crippen LogP contribution is 2.41. The van der Waals surface area contributed by atoms with E-state index in [1.807, 2.05) is 30.3 Å². The van der Waals surface area contributed by atoms with Gasteiger partial charge in [-0.2, -0.15) is 0 Å². The maximum Gasteiger partial charge on any atom is 0.326 e. The van der Waals surface area contributed by atoms with Crippen LogP contribution in [0.4, 0.5) is 8.78 Å². The van der Waals surface area contributed by atoms with Gasteiger partial charge in [-0.15, -0.1) is 0 Å². The number of aliphatic hydroxyl groups is 1. The van der Waals surface area contributed by atoms with Gasteiger partial charge in [0.05, 0.1) is 18.5 Å². The Morgan fingerprint density at radius 2 is 1.53 bits per heavy atom. The molecule has 3 rings (SSSR count). The van der Waals surface area contributed by atoms with Crippen molar-refractivity contribution in [1.82, 2.24) is 25.4 Å². The van der Waals surface area contributed by atoms with Gasteiger partial charge in [0.15, 0.2) is 0 Å². The number of carbonyl (C=O) groups excluding carboxylic acids is 4. The molecule has 9 N–H and O–H groups in total. The highest BCUT2D eigenvalue weighted by Gasteiger charge is 2.38. The number of benzene rings is 2. The van der Waals surface area contributed by atoms with E-state index in [1.54, 1.807) is 37.6 Å². The van der Waals surface area contributed by atoms with E-state index in [-0.39, 0.29) is 30.6 Å². The maximum atomic E-state index is 15.1. The first-order chi connectivity index (χ1) is 27.7. The van der Waals surface area contributed by atoms with Crippen molar-refractivity contribution in [3.63, 3.8) is 0 Å². The van der Waals surface area contributed by atoms with E-state index >= 15 is 4.39 Å². The van der Waals surface area contributed by atoms with Crippen molar-refractivity contribution < 1.29 is 62.8 Å². The van der Waals surface area contributed by atoms with Crippen molar-refractivity contribution in [2.75, 3.05) is 19.7 Å². The molecular formula is C40H50F2N6O11. The zero-order valence-electron chi connectivity index (χ0n) is 32.8. The lowest BCUT2D eigenvalue weighted by atomic mass is 9.82. The molecule has 19 heteroatoms. The first kappa shape index (κ1) is 47.2. The monoisotopic (exact) mass is 828 g/mol. The number of nitrogens with zero attached hydrogens (tertiary/aromatic N) is 2. The molecule has 2 aromatic carbocycles. The number of carboxylic acids is 3. The Kier molecular flexibility index (Phi) is 17.2. The Labute approximate surface area is 338 Å². The van der Waals surface area contributed by atoms with E-state index in [9.17, 15) is 53.3 Å². The molecular weight excluding hydrogens is 778 g/mol. The van der Waals surface area contributed by atoms with Crippen LogP contribution in [0.1, 0.15) is 70.2 Å². The van der Waals surface area contributed by atoms with Crippen LogP contribution in [0.5, 0.6) is 0 Å². The van der Waals surface area contributed by atoms with Crippen LogP contribution in [0.2, 0.25) is 0 Å². The van der Waals surface area contributed by atoms with Gasteiger partial charge in [-0.25, -0.2) is 13.6 Å². The summed E-state index contributed by atoms with van der Waals surface area (Å²) in [5.41, 5.74) is 5.93. The standard InChI is InChI=1S/C40H50F2N6O11/c1-40(2,3)36(31-17-24(26-18-25(41)9-10-27(26)42)21-47(31)20-23-7-5-4-6-8-23)48(34(52)22-49)16-14-28(45-30(39(58)59)19-32(43)50)37(55)44-15-13-33(51)46-29(38(56)57)11-12-35(53)54/h4-10,17-18,21,28-30,36,45,49H,11-16,19-20,22H2,1-3H3,(H2,43,50)(H,44,55)(H,46,51)(H,53,54)(H,56,57)(H,58,59)/t28-,29+,30-,36-/m0/s1. The van der Waals surface area contributed by atoms with Crippen molar-refractivity contribution in [3.8, 4) is 11.1 Å². The lowest BCUT2D eigenvalue weighted by Gasteiger charge is -2.41. The quantitative estimate of drug-likeness (QED) is 0.0682. The third kappa shape index (κ3) is 14.3. The summed E-state index contributed by atoms with van der Waals surface area (Å²) >= 11 is 0. The molecule has 4 atom stereocenters. The van der Waals surface area contributed by atoms with E-state index < -0.39 is 122 Å². The van der Waals surface area contributed by atoms with E-state index in [0.29, 0.717) is 5.69 Å². The summed E-state index contributed by atoms with van der Waals surface area (Å²) in [5, 5.41) is 45.5. The average molecular weight is 829 g/mol. The Bertz CT molecular complexity index is 1990. The summed E-state index contributed by atoms with van der Waals surface area (Å²) in [6.45, 7) is 3.93. The van der Waals surface area contributed by atoms with Gasteiger partial charge >= 0.3 is 17.9 Å². The second kappa shape index (κ2) is 21.5. The fourth-order valence-electron chi connectivity index (χ4n) is 6.53. The van der Waals surface area contributed by atoms with Crippen LogP contribution in [0.25, 0.3) is 11.1 Å². The molecule has 0 unspecified atom stereocenters. The molecule has 17 nitrogen and oxygen atoms in total. The molecule has 1 heterocycles. The average Bonchev–Trinajstić information content (AvgIpc) is 3.55. The summed E-state index contributed by atoms with van der Waals surface area (Å²) in [6, 6.07) is 8.18. The minimum atomic E-state index is -1.68. The van der Waals surface area contributed by atoms with Gasteiger partial charge in [0.2, 0.25) is 23.6 Å². The lowest BCUT2D eigenvalue weighted by molar-refractivity contribution is -0.143. The molecule has 0 saturated heterocycles. The minimum Gasteiger partial charge on any atom is -0.481 e. The smallest absolute Gasteiger partial charge is 0.326 e. The number of nitrogens with two attached hydrogens (primary N) is 1. The Morgan fingerprint density at radius 3 is 2.10 bits per heavy atom. The number of aliphatic hydroxyl groups excluding tert-OH is 1. The fraction of sp³-hybridized carbons (Fsp3) is 0.425. The number of amides is 4. The van der Waals surface area contributed by atoms with Crippen molar-refractivity contribution in [3.05, 3.63) is 83.7 Å². The summed E-state index contributed by atoms with van der Waals surface area (Å²) in [4.78, 5) is 87.4. The molecule has 0 aliphatic carbocycles. The third-order valence-electron chi connectivity index (χ3n) is 9.25. The van der Waals surface area contributed by atoms with E-state index in [0.717, 1.165) is 23.8 Å². The molecule has 59 heavy (non-hydrogen) atoms. The molecule has 0 bridgehead atoms. The Hall–Kier alpha value is -6.21. The van der Waals surface area contributed by atoms with Gasteiger partial charge in [-0.3, -0.25) is 34.1 Å². The number of primary amides is 1. The SMILES string of the molecule is CC(C)(C)[C@H](c1cc(-c2cc(F)ccc2F)cn1Cc1ccccc1)N(CC[C@H](N[C@@H](CC(N)=O)C(=O)O)C(=O)NCCC(=O)N[C@H](CCC(=O)O)C(=O)O)C(=O)CO. The second-order valence-electron chi connectivity index (χ2n) is 14.9. The van der Waals surface area contributed by atoms with Gasteiger partial charge in [-0.1, -0.05) is 51.1 Å². The molecule has 0 saturated carbocycles. The topological polar surface area (TPSA) is 271 Å². The molecule has 0 radical (unpaired) electrons. The van der Waals surface area contributed by atoms with Gasteiger partial charge < -0.3 is 46.3 Å². The third-order valence-corrected chi connectivity index (χ3v) is 9.25. The predicted molar refractivity (Wildman–Crippen MR) is 207 cm³/mol. The zero-order valence-corrected chi connectivity index (χ0v) is 32.8. The highest BCUT2D eigenvalue weighted by molar-refractivity contribution is 5.87. The summed E-state index contributed by atoms with van der Waals surface area (Å²) in [7, 11) is 0. The van der Waals surface area contributed by atoms with Gasteiger partial charge in [-0.05, 0) is 48.1 Å². The Morgan fingerprint density at radius 1 is 0.864 bits per heavy atom. The second-order valence-corrected chi connectivity index (χ2v) is 14.9. The number of aliphatic carboxylic acids is 3. The van der Waals surface area contributed by atoms with Gasteiger partial charge in [0.1, 0.15) is 30.3 Å². The molecule has 1 aromatic heterocycles. The van der Waals surface area contributed by atoms with Crippen LogP contribution in [0.15, 0.2) is 60.8 Å². The van der Waals surface area contributed by atoms with E-state index in [2.05, 4.69) is 16.0 Å². The summed E-state index contributed by atoms with van der Waals surface area (Å²) in [5.74, 6) is -9.19. The lowest BCUT2D eigenvalue weighted by Crippen LogP contribution is -2.54. The number of hydrogen-bond donors (Lipinski definition) is 8. The van der Waals surface area contributed by atoms with Crippen molar-refractivity contribution in [1.29, 1.82) is 0 Å². The molecule has 0 spiro atoms.